The standard InChI is InChI=1S/C30H19BrClF3N2O5/c1-41-25-13-16(12-22(31)26(25)42-15-18-7-4-6-17-5-2-3-8-20(17)18)11-21-27(38)36-29(40)37(28(21)39)24-14-19(30(33,34)35)9-10-23(24)32/h2-14H,15H2,1H3,(H,36,38,40)/b21-11-. The number of benzene rings is 4. The summed E-state index contributed by atoms with van der Waals surface area (Å²) < 4.78 is 51.9. The fourth-order valence-electron chi connectivity index (χ4n) is 4.43. The van der Waals surface area contributed by atoms with Gasteiger partial charge in [-0.1, -0.05) is 54.1 Å². The zero-order chi connectivity index (χ0) is 30.2. The van der Waals surface area contributed by atoms with Crippen LogP contribution in [0.5, 0.6) is 11.5 Å². The van der Waals surface area contributed by atoms with Gasteiger partial charge in [0.25, 0.3) is 11.8 Å². The predicted octanol–water partition coefficient (Wildman–Crippen LogP) is 7.53. The number of amides is 4. The van der Waals surface area contributed by atoms with E-state index in [0.29, 0.717) is 32.8 Å². The summed E-state index contributed by atoms with van der Waals surface area (Å²) in [6, 6.07) is 17.8. The Morgan fingerprint density at radius 1 is 1.00 bits per heavy atom. The molecule has 214 valence electrons. The van der Waals surface area contributed by atoms with E-state index < -0.39 is 40.8 Å². The molecule has 1 saturated heterocycles. The van der Waals surface area contributed by atoms with Crippen LogP contribution in [0.15, 0.2) is 82.8 Å². The molecule has 1 aliphatic heterocycles. The number of urea groups is 1. The number of halogens is 5. The zero-order valence-electron chi connectivity index (χ0n) is 21.6. The maximum absolute atomic E-state index is 13.3. The van der Waals surface area contributed by atoms with Crippen molar-refractivity contribution in [3.05, 3.63) is 105 Å². The van der Waals surface area contributed by atoms with Gasteiger partial charge in [0.2, 0.25) is 0 Å². The fraction of sp³-hybridized carbons (Fsp3) is 0.100. The van der Waals surface area contributed by atoms with Gasteiger partial charge in [-0.2, -0.15) is 13.2 Å². The number of fused-ring (bicyclic) bond motifs is 1. The molecule has 1 aliphatic rings. The second kappa shape index (κ2) is 11.5. The summed E-state index contributed by atoms with van der Waals surface area (Å²) in [6.45, 7) is 0.215. The highest BCUT2D eigenvalue weighted by Crippen LogP contribution is 2.39. The number of nitrogens with zero attached hydrogens (tertiary/aromatic N) is 1. The monoisotopic (exact) mass is 658 g/mol. The van der Waals surface area contributed by atoms with Crippen LogP contribution in [-0.2, 0) is 22.4 Å². The van der Waals surface area contributed by atoms with E-state index in [1.807, 2.05) is 47.8 Å². The van der Waals surface area contributed by atoms with Crippen LogP contribution in [0.2, 0.25) is 5.02 Å². The summed E-state index contributed by atoms with van der Waals surface area (Å²) in [7, 11) is 1.41. The van der Waals surface area contributed by atoms with E-state index in [-0.39, 0.29) is 17.4 Å². The van der Waals surface area contributed by atoms with Gasteiger partial charge in [-0.05, 0) is 74.2 Å². The van der Waals surface area contributed by atoms with Crippen molar-refractivity contribution in [1.82, 2.24) is 5.32 Å². The molecule has 5 rings (SSSR count). The van der Waals surface area contributed by atoms with Crippen LogP contribution >= 0.6 is 27.5 Å². The van der Waals surface area contributed by atoms with Crippen molar-refractivity contribution in [1.29, 1.82) is 0 Å². The number of carbonyl (C=O) groups excluding carboxylic acids is 3. The van der Waals surface area contributed by atoms with Crippen molar-refractivity contribution in [3.63, 3.8) is 0 Å². The summed E-state index contributed by atoms with van der Waals surface area (Å²) in [5, 5.41) is 3.76. The van der Waals surface area contributed by atoms with Crippen LogP contribution < -0.4 is 19.7 Å². The predicted molar refractivity (Wildman–Crippen MR) is 154 cm³/mol. The van der Waals surface area contributed by atoms with Gasteiger partial charge in [-0.3, -0.25) is 14.9 Å². The molecule has 4 amide bonds. The lowest BCUT2D eigenvalue weighted by Gasteiger charge is -2.27. The van der Waals surface area contributed by atoms with Crippen molar-refractivity contribution >= 4 is 67.9 Å². The molecule has 7 nitrogen and oxygen atoms in total. The SMILES string of the molecule is COc1cc(/C=C2/C(=O)NC(=O)N(c3cc(C(F)(F)F)ccc3Cl)C2=O)cc(Br)c1OCc1cccc2ccccc12. The first kappa shape index (κ1) is 29.2. The van der Waals surface area contributed by atoms with E-state index in [4.69, 9.17) is 21.1 Å². The van der Waals surface area contributed by atoms with Gasteiger partial charge in [0, 0.05) is 0 Å². The molecular weight excluding hydrogens is 641 g/mol. The summed E-state index contributed by atoms with van der Waals surface area (Å²) in [5.41, 5.74) is -0.919. The average molecular weight is 660 g/mol. The van der Waals surface area contributed by atoms with Crippen LogP contribution in [-0.4, -0.2) is 25.0 Å². The number of barbiturate groups is 1. The summed E-state index contributed by atoms with van der Waals surface area (Å²) in [4.78, 5) is 38.9. The van der Waals surface area contributed by atoms with Crippen molar-refractivity contribution in [2.75, 3.05) is 12.0 Å². The smallest absolute Gasteiger partial charge is 0.416 e. The van der Waals surface area contributed by atoms with Gasteiger partial charge in [0.15, 0.2) is 11.5 Å². The molecule has 0 spiro atoms. The third kappa shape index (κ3) is 5.70. The number of imide groups is 2. The number of methoxy groups -OCH3 is 1. The number of rotatable bonds is 6. The molecule has 4 aromatic carbocycles. The van der Waals surface area contributed by atoms with Crippen LogP contribution in [0.25, 0.3) is 16.8 Å². The lowest BCUT2D eigenvalue weighted by atomic mass is 10.0. The van der Waals surface area contributed by atoms with Crippen LogP contribution in [0, 0.1) is 0 Å². The van der Waals surface area contributed by atoms with Crippen molar-refractivity contribution in [2.24, 2.45) is 0 Å². The maximum Gasteiger partial charge on any atom is 0.416 e. The van der Waals surface area contributed by atoms with Gasteiger partial charge >= 0.3 is 12.2 Å². The quantitative estimate of drug-likeness (QED) is 0.171. The minimum absolute atomic E-state index is 0.215. The van der Waals surface area contributed by atoms with Gasteiger partial charge in [-0.15, -0.1) is 0 Å². The molecule has 1 N–H and O–H groups in total. The van der Waals surface area contributed by atoms with Crippen molar-refractivity contribution < 1.29 is 37.0 Å². The molecular formula is C30H19BrClF3N2O5. The number of hydrogen-bond donors (Lipinski definition) is 1. The largest absolute Gasteiger partial charge is 0.493 e. The van der Waals surface area contributed by atoms with Crippen LogP contribution in [0.3, 0.4) is 0 Å². The van der Waals surface area contributed by atoms with Crippen molar-refractivity contribution in [3.8, 4) is 11.5 Å². The highest BCUT2D eigenvalue weighted by molar-refractivity contribution is 9.10. The molecule has 12 heteroatoms. The first-order chi connectivity index (χ1) is 20.0. The van der Waals surface area contributed by atoms with E-state index in [1.54, 1.807) is 6.07 Å². The number of hydrogen-bond acceptors (Lipinski definition) is 5. The maximum atomic E-state index is 13.3. The average Bonchev–Trinajstić information content (AvgIpc) is 2.94. The number of anilines is 1. The molecule has 0 atom stereocenters. The Morgan fingerprint density at radius 2 is 1.74 bits per heavy atom. The molecule has 0 aliphatic carbocycles. The van der Waals surface area contributed by atoms with Gasteiger partial charge < -0.3 is 9.47 Å². The number of carbonyl (C=O) groups is 3. The van der Waals surface area contributed by atoms with E-state index in [2.05, 4.69) is 15.9 Å². The third-order valence-corrected chi connectivity index (χ3v) is 7.34. The molecule has 1 heterocycles. The Hall–Kier alpha value is -4.35. The lowest BCUT2D eigenvalue weighted by molar-refractivity contribution is -0.137. The van der Waals surface area contributed by atoms with Gasteiger partial charge in [-0.25, -0.2) is 9.69 Å². The molecule has 0 bridgehead atoms. The Morgan fingerprint density at radius 3 is 2.48 bits per heavy atom. The lowest BCUT2D eigenvalue weighted by Crippen LogP contribution is -2.54. The molecule has 42 heavy (non-hydrogen) atoms. The normalized spacial score (nSPS) is 14.9. The van der Waals surface area contributed by atoms with Crippen LogP contribution in [0.4, 0.5) is 23.7 Å². The molecule has 4 aromatic rings. The molecule has 0 radical (unpaired) electrons. The van der Waals surface area contributed by atoms with E-state index in [9.17, 15) is 27.6 Å². The van der Waals surface area contributed by atoms with E-state index in [0.717, 1.165) is 22.4 Å². The number of ether oxygens (including phenoxy) is 2. The van der Waals surface area contributed by atoms with Crippen molar-refractivity contribution in [2.45, 2.75) is 12.8 Å². The highest BCUT2D eigenvalue weighted by atomic mass is 79.9. The minimum Gasteiger partial charge on any atom is -0.493 e. The Balaban J connectivity index is 1.47. The second-order valence-electron chi connectivity index (χ2n) is 9.08. The van der Waals surface area contributed by atoms with Gasteiger partial charge in [0.1, 0.15) is 12.2 Å². The topological polar surface area (TPSA) is 84.9 Å². The summed E-state index contributed by atoms with van der Waals surface area (Å²) >= 11 is 9.50. The fourth-order valence-corrected chi connectivity index (χ4v) is 5.21. The Kier molecular flexibility index (Phi) is 7.98. The Bertz CT molecular complexity index is 1790. The molecule has 0 saturated carbocycles. The first-order valence-corrected chi connectivity index (χ1v) is 13.4. The second-order valence-corrected chi connectivity index (χ2v) is 10.3. The third-order valence-electron chi connectivity index (χ3n) is 6.43. The zero-order valence-corrected chi connectivity index (χ0v) is 23.9. The highest BCUT2D eigenvalue weighted by Gasteiger charge is 2.39. The summed E-state index contributed by atoms with van der Waals surface area (Å²) in [5.74, 6) is -1.55. The number of nitrogens with one attached hydrogen (secondary N) is 1. The first-order valence-electron chi connectivity index (χ1n) is 12.2. The van der Waals surface area contributed by atoms with Crippen LogP contribution in [0.1, 0.15) is 16.7 Å². The van der Waals surface area contributed by atoms with E-state index >= 15 is 0 Å². The van der Waals surface area contributed by atoms with E-state index in [1.165, 1.54) is 19.3 Å². The minimum atomic E-state index is -4.76. The number of alkyl halides is 3. The molecule has 0 unspecified atom stereocenters. The summed E-state index contributed by atoms with van der Waals surface area (Å²) in [6.07, 6.45) is -3.58. The van der Waals surface area contributed by atoms with Gasteiger partial charge in [0.05, 0.1) is 27.9 Å². The molecule has 0 aromatic heterocycles. The molecule has 1 fully saturated rings. The Labute approximate surface area is 250 Å².